The topological polar surface area (TPSA) is 74.3 Å². The van der Waals surface area contributed by atoms with Crippen LogP contribution in [-0.4, -0.2) is 32.3 Å². The van der Waals surface area contributed by atoms with Crippen molar-refractivity contribution in [1.82, 2.24) is 18.7 Å². The number of nitrogens with zero attached hydrogens (tertiary/aromatic N) is 5. The maximum atomic E-state index is 13.2. The first kappa shape index (κ1) is 19.6. The molecule has 0 bridgehead atoms. The number of halogens is 1. The van der Waals surface area contributed by atoms with Gasteiger partial charge in [0.2, 0.25) is 5.95 Å². The molecule has 1 aliphatic rings. The number of ether oxygens (including phenoxy) is 1. The van der Waals surface area contributed by atoms with Gasteiger partial charge in [0, 0.05) is 32.4 Å². The number of fused-ring (bicyclic) bond motifs is 3. The zero-order valence-electron chi connectivity index (χ0n) is 17.0. The lowest BCUT2D eigenvalue weighted by Crippen LogP contribution is -2.40. The van der Waals surface area contributed by atoms with Gasteiger partial charge in [0.05, 0.1) is 12.1 Å². The molecule has 29 heavy (non-hydrogen) atoms. The summed E-state index contributed by atoms with van der Waals surface area (Å²) in [6.45, 7) is 5.75. The number of rotatable bonds is 4. The monoisotopic (exact) mass is 417 g/mol. The maximum absolute atomic E-state index is 13.2. The fourth-order valence-corrected chi connectivity index (χ4v) is 4.11. The van der Waals surface area contributed by atoms with E-state index in [9.17, 15) is 9.59 Å². The van der Waals surface area contributed by atoms with Gasteiger partial charge in [-0.25, -0.2) is 4.79 Å². The highest BCUT2D eigenvalue weighted by molar-refractivity contribution is 6.32. The first-order valence-electron chi connectivity index (χ1n) is 9.64. The Bertz CT molecular complexity index is 1210. The van der Waals surface area contributed by atoms with E-state index in [0.717, 1.165) is 18.7 Å². The van der Waals surface area contributed by atoms with Gasteiger partial charge in [0.15, 0.2) is 11.2 Å². The van der Waals surface area contributed by atoms with Crippen molar-refractivity contribution < 1.29 is 4.74 Å². The Morgan fingerprint density at radius 1 is 1.24 bits per heavy atom. The quantitative estimate of drug-likeness (QED) is 0.652. The molecule has 9 heteroatoms. The van der Waals surface area contributed by atoms with Crippen molar-refractivity contribution in [1.29, 1.82) is 0 Å². The van der Waals surface area contributed by atoms with E-state index in [1.54, 1.807) is 14.2 Å². The van der Waals surface area contributed by atoms with Crippen LogP contribution in [0.1, 0.15) is 20.3 Å². The van der Waals surface area contributed by atoms with Gasteiger partial charge >= 0.3 is 5.69 Å². The summed E-state index contributed by atoms with van der Waals surface area (Å²) < 4.78 is 9.93. The van der Waals surface area contributed by atoms with E-state index in [1.165, 1.54) is 9.13 Å². The molecule has 2 aromatic heterocycles. The van der Waals surface area contributed by atoms with E-state index >= 15 is 0 Å². The summed E-state index contributed by atoms with van der Waals surface area (Å²) in [5.41, 5.74) is 1.10. The number of imidazole rings is 1. The van der Waals surface area contributed by atoms with Crippen LogP contribution in [0.4, 0.5) is 11.6 Å². The van der Waals surface area contributed by atoms with Crippen molar-refractivity contribution in [3.63, 3.8) is 0 Å². The Kier molecular flexibility index (Phi) is 4.90. The van der Waals surface area contributed by atoms with Gasteiger partial charge in [-0.2, -0.15) is 4.98 Å². The minimum atomic E-state index is -0.342. The van der Waals surface area contributed by atoms with Crippen molar-refractivity contribution in [3.8, 4) is 5.75 Å². The molecular formula is C20H24ClN5O3. The van der Waals surface area contributed by atoms with Crippen LogP contribution in [0.3, 0.4) is 0 Å². The van der Waals surface area contributed by atoms with Crippen molar-refractivity contribution in [2.45, 2.75) is 33.4 Å². The average Bonchev–Trinajstić information content (AvgIpc) is 3.09. The van der Waals surface area contributed by atoms with Gasteiger partial charge < -0.3 is 14.2 Å². The van der Waals surface area contributed by atoms with Gasteiger partial charge in [-0.15, -0.1) is 0 Å². The molecule has 4 rings (SSSR count). The molecule has 154 valence electrons. The summed E-state index contributed by atoms with van der Waals surface area (Å²) in [6.07, 6.45) is 0.842. The Morgan fingerprint density at radius 2 is 2.00 bits per heavy atom. The average molecular weight is 418 g/mol. The molecule has 0 atom stereocenters. The first-order chi connectivity index (χ1) is 13.8. The summed E-state index contributed by atoms with van der Waals surface area (Å²) in [6, 6.07) is 5.55. The van der Waals surface area contributed by atoms with Gasteiger partial charge in [0.25, 0.3) is 5.56 Å². The third-order valence-electron chi connectivity index (χ3n) is 5.21. The van der Waals surface area contributed by atoms with Crippen LogP contribution in [0.2, 0.25) is 5.02 Å². The molecule has 0 amide bonds. The van der Waals surface area contributed by atoms with Crippen LogP contribution in [0.15, 0.2) is 27.8 Å². The molecule has 0 N–H and O–H groups in total. The van der Waals surface area contributed by atoms with E-state index in [1.807, 2.05) is 41.5 Å². The van der Waals surface area contributed by atoms with E-state index < -0.39 is 0 Å². The molecule has 0 aliphatic carbocycles. The largest absolute Gasteiger partial charge is 0.495 e. The summed E-state index contributed by atoms with van der Waals surface area (Å²) in [5.74, 6) is 1.42. The zero-order chi connectivity index (χ0) is 20.9. The molecule has 3 heterocycles. The lowest BCUT2D eigenvalue weighted by Gasteiger charge is -2.29. The number of benzene rings is 1. The fraction of sp³-hybridized carbons (Fsp3) is 0.450. The van der Waals surface area contributed by atoms with Crippen molar-refractivity contribution in [2.75, 3.05) is 18.6 Å². The second-order valence-electron chi connectivity index (χ2n) is 7.71. The lowest BCUT2D eigenvalue weighted by atomic mass is 10.2. The van der Waals surface area contributed by atoms with Gasteiger partial charge in [-0.05, 0) is 30.5 Å². The first-order valence-corrected chi connectivity index (χ1v) is 10.0. The standard InChI is InChI=1S/C20H24ClN5O3/c1-12(2)11-26-18(27)16-17(23(3)20(26)28)22-19-24(8-5-9-25(16)19)13-6-7-15(29-4)14(21)10-13/h6-7,10,12H,5,8-9,11H2,1-4H3. The van der Waals surface area contributed by atoms with E-state index in [0.29, 0.717) is 41.0 Å². The molecular weight excluding hydrogens is 394 g/mol. The molecule has 0 saturated carbocycles. The molecule has 0 unspecified atom stereocenters. The predicted molar refractivity (Wildman–Crippen MR) is 114 cm³/mol. The summed E-state index contributed by atoms with van der Waals surface area (Å²) >= 11 is 6.32. The highest BCUT2D eigenvalue weighted by atomic mass is 35.5. The molecule has 0 radical (unpaired) electrons. The maximum Gasteiger partial charge on any atom is 0.332 e. The number of anilines is 2. The Balaban J connectivity index is 1.93. The SMILES string of the molecule is COc1ccc(N2CCCn3c2nc2c3c(=O)n(CC(C)C)c(=O)n2C)cc1Cl. The highest BCUT2D eigenvalue weighted by Gasteiger charge is 2.27. The third kappa shape index (κ3) is 3.11. The number of methoxy groups -OCH3 is 1. The molecule has 0 fully saturated rings. The van der Waals surface area contributed by atoms with Gasteiger partial charge in [-0.3, -0.25) is 13.9 Å². The Morgan fingerprint density at radius 3 is 2.66 bits per heavy atom. The van der Waals surface area contributed by atoms with Crippen LogP contribution in [0, 0.1) is 5.92 Å². The minimum absolute atomic E-state index is 0.180. The Hall–Kier alpha value is -2.74. The van der Waals surface area contributed by atoms with Crippen LogP contribution >= 0.6 is 11.6 Å². The van der Waals surface area contributed by atoms with Crippen molar-refractivity contribution in [3.05, 3.63) is 44.1 Å². The highest BCUT2D eigenvalue weighted by Crippen LogP contribution is 2.35. The molecule has 0 saturated heterocycles. The molecule has 8 nitrogen and oxygen atoms in total. The van der Waals surface area contributed by atoms with Crippen LogP contribution in [0.5, 0.6) is 5.75 Å². The predicted octanol–water partition coefficient (Wildman–Crippen LogP) is 2.76. The lowest BCUT2D eigenvalue weighted by molar-refractivity contribution is 0.415. The number of aryl methyl sites for hydroxylation is 2. The van der Waals surface area contributed by atoms with Gasteiger partial charge in [-0.1, -0.05) is 25.4 Å². The van der Waals surface area contributed by atoms with E-state index in [4.69, 9.17) is 16.3 Å². The fourth-order valence-electron chi connectivity index (χ4n) is 3.86. The summed E-state index contributed by atoms with van der Waals surface area (Å²) in [4.78, 5) is 32.6. The van der Waals surface area contributed by atoms with Crippen molar-refractivity contribution in [2.24, 2.45) is 13.0 Å². The van der Waals surface area contributed by atoms with E-state index in [2.05, 4.69) is 4.98 Å². The molecule has 0 spiro atoms. The van der Waals surface area contributed by atoms with Gasteiger partial charge in [0.1, 0.15) is 5.75 Å². The minimum Gasteiger partial charge on any atom is -0.495 e. The molecule has 1 aromatic carbocycles. The Labute approximate surface area is 172 Å². The van der Waals surface area contributed by atoms with Crippen LogP contribution < -0.4 is 20.9 Å². The van der Waals surface area contributed by atoms with Crippen LogP contribution in [0.25, 0.3) is 11.2 Å². The summed E-state index contributed by atoms with van der Waals surface area (Å²) in [7, 11) is 3.23. The number of aromatic nitrogens is 4. The summed E-state index contributed by atoms with van der Waals surface area (Å²) in [5, 5.41) is 0.505. The van der Waals surface area contributed by atoms with Crippen LogP contribution in [-0.2, 0) is 20.1 Å². The molecule has 1 aliphatic heterocycles. The number of hydrogen-bond donors (Lipinski definition) is 0. The number of hydrogen-bond acceptors (Lipinski definition) is 5. The van der Waals surface area contributed by atoms with E-state index in [-0.39, 0.29) is 17.2 Å². The van der Waals surface area contributed by atoms with Crippen molar-refractivity contribution >= 4 is 34.4 Å². The second-order valence-corrected chi connectivity index (χ2v) is 8.12. The molecule has 3 aromatic rings. The smallest absolute Gasteiger partial charge is 0.332 e. The third-order valence-corrected chi connectivity index (χ3v) is 5.51. The second kappa shape index (κ2) is 7.26. The normalized spacial score (nSPS) is 13.9. The zero-order valence-corrected chi connectivity index (χ0v) is 17.7.